The van der Waals surface area contributed by atoms with Gasteiger partial charge in [-0.15, -0.1) is 10.2 Å². The summed E-state index contributed by atoms with van der Waals surface area (Å²) >= 11 is 3.53. The highest BCUT2D eigenvalue weighted by atomic mass is 32.2. The highest BCUT2D eigenvalue weighted by Gasteiger charge is 2.23. The molecule has 0 fully saturated rings. The van der Waals surface area contributed by atoms with Gasteiger partial charge >= 0.3 is 0 Å². The van der Waals surface area contributed by atoms with Crippen molar-refractivity contribution in [1.82, 2.24) is 15.5 Å². The number of aromatic nitrogens is 2. The first-order chi connectivity index (χ1) is 10.2. The normalized spacial score (nSPS) is 14.0. The number of benzene rings is 1. The topological polar surface area (TPSA) is 37.8 Å². The summed E-state index contributed by atoms with van der Waals surface area (Å²) in [7, 11) is 0. The molecule has 0 bridgehead atoms. The molecule has 0 saturated heterocycles. The highest BCUT2D eigenvalue weighted by Crippen LogP contribution is 2.35. The number of nitrogens with one attached hydrogen (secondary N) is 1. The van der Waals surface area contributed by atoms with Crippen molar-refractivity contribution in [2.45, 2.75) is 49.2 Å². The lowest BCUT2D eigenvalue weighted by atomic mass is 10.0. The van der Waals surface area contributed by atoms with E-state index in [1.807, 2.05) is 18.7 Å². The van der Waals surface area contributed by atoms with Crippen LogP contribution < -0.4 is 5.32 Å². The van der Waals surface area contributed by atoms with Gasteiger partial charge in [0.05, 0.1) is 0 Å². The maximum atomic E-state index is 4.26. The van der Waals surface area contributed by atoms with Gasteiger partial charge in [-0.1, -0.05) is 67.3 Å². The first-order valence-corrected chi connectivity index (χ1v) is 9.19. The molecule has 1 heterocycles. The molecule has 0 radical (unpaired) electrons. The minimum atomic E-state index is 0.352. The van der Waals surface area contributed by atoms with Gasteiger partial charge in [0.25, 0.3) is 0 Å². The van der Waals surface area contributed by atoms with Crippen molar-refractivity contribution in [1.29, 1.82) is 0 Å². The minimum absolute atomic E-state index is 0.352. The third-order valence-electron chi connectivity index (χ3n) is 3.31. The van der Waals surface area contributed by atoms with E-state index in [2.05, 4.69) is 59.7 Å². The Morgan fingerprint density at radius 1 is 1.19 bits per heavy atom. The molecular formula is C16H23N3S2. The van der Waals surface area contributed by atoms with Gasteiger partial charge in [0.2, 0.25) is 0 Å². The molecule has 0 saturated carbocycles. The SMILES string of the molecule is CCCNC(c1ccccc1)C(CC)Sc1nnc(C)s1. The summed E-state index contributed by atoms with van der Waals surface area (Å²) in [4.78, 5) is 0. The molecule has 0 aliphatic carbocycles. The van der Waals surface area contributed by atoms with Gasteiger partial charge < -0.3 is 5.32 Å². The number of nitrogens with zero attached hydrogens (tertiary/aromatic N) is 2. The van der Waals surface area contributed by atoms with Crippen LogP contribution in [0.3, 0.4) is 0 Å². The molecule has 2 atom stereocenters. The second-order valence-corrected chi connectivity index (χ2v) is 7.66. The van der Waals surface area contributed by atoms with E-state index in [-0.39, 0.29) is 0 Å². The highest BCUT2D eigenvalue weighted by molar-refractivity contribution is 8.01. The molecule has 1 N–H and O–H groups in total. The van der Waals surface area contributed by atoms with E-state index >= 15 is 0 Å². The molecule has 0 amide bonds. The molecule has 2 aromatic rings. The number of hydrogen-bond donors (Lipinski definition) is 1. The van der Waals surface area contributed by atoms with Crippen LogP contribution in [0, 0.1) is 6.92 Å². The van der Waals surface area contributed by atoms with E-state index in [0.717, 1.165) is 28.7 Å². The predicted molar refractivity (Wildman–Crippen MR) is 92.1 cm³/mol. The fourth-order valence-electron chi connectivity index (χ4n) is 2.27. The maximum Gasteiger partial charge on any atom is 0.174 e. The van der Waals surface area contributed by atoms with Crippen molar-refractivity contribution in [2.24, 2.45) is 0 Å². The van der Waals surface area contributed by atoms with Crippen LogP contribution in [0.2, 0.25) is 0 Å². The molecule has 0 aliphatic heterocycles. The predicted octanol–water partition coefficient (Wildman–Crippen LogP) is 4.46. The summed E-state index contributed by atoms with van der Waals surface area (Å²) in [6.07, 6.45) is 2.24. The van der Waals surface area contributed by atoms with Crippen LogP contribution in [-0.2, 0) is 0 Å². The van der Waals surface area contributed by atoms with Crippen LogP contribution >= 0.6 is 23.1 Å². The smallest absolute Gasteiger partial charge is 0.174 e. The molecule has 114 valence electrons. The molecule has 1 aromatic heterocycles. The first-order valence-electron chi connectivity index (χ1n) is 7.49. The second kappa shape index (κ2) is 8.51. The largest absolute Gasteiger partial charge is 0.309 e. The van der Waals surface area contributed by atoms with Crippen LogP contribution in [0.25, 0.3) is 0 Å². The Bertz CT molecular complexity index is 527. The van der Waals surface area contributed by atoms with E-state index in [0.29, 0.717) is 11.3 Å². The Kier molecular flexibility index (Phi) is 6.67. The van der Waals surface area contributed by atoms with Gasteiger partial charge in [0, 0.05) is 11.3 Å². The van der Waals surface area contributed by atoms with E-state index < -0.39 is 0 Å². The van der Waals surface area contributed by atoms with Crippen LogP contribution in [0.15, 0.2) is 34.7 Å². The van der Waals surface area contributed by atoms with Gasteiger partial charge in [-0.3, -0.25) is 0 Å². The molecule has 3 nitrogen and oxygen atoms in total. The van der Waals surface area contributed by atoms with Crippen molar-refractivity contribution >= 4 is 23.1 Å². The van der Waals surface area contributed by atoms with E-state index in [4.69, 9.17) is 0 Å². The van der Waals surface area contributed by atoms with E-state index in [9.17, 15) is 0 Å². The Hall–Kier alpha value is -0.910. The molecule has 1 aromatic carbocycles. The minimum Gasteiger partial charge on any atom is -0.309 e. The molecular weight excluding hydrogens is 298 g/mol. The first kappa shape index (κ1) is 16.5. The van der Waals surface area contributed by atoms with Crippen molar-refractivity contribution in [3.8, 4) is 0 Å². The van der Waals surface area contributed by atoms with Crippen LogP contribution in [-0.4, -0.2) is 22.0 Å². The fraction of sp³-hybridized carbons (Fsp3) is 0.500. The van der Waals surface area contributed by atoms with Crippen LogP contribution in [0.5, 0.6) is 0 Å². The number of aryl methyl sites for hydroxylation is 1. The summed E-state index contributed by atoms with van der Waals surface area (Å²) in [6, 6.07) is 11.1. The summed E-state index contributed by atoms with van der Waals surface area (Å²) in [5.41, 5.74) is 1.35. The van der Waals surface area contributed by atoms with Crippen molar-refractivity contribution in [3.05, 3.63) is 40.9 Å². The summed E-state index contributed by atoms with van der Waals surface area (Å²) in [5, 5.41) is 13.6. The fourth-order valence-corrected chi connectivity index (χ4v) is 4.51. The maximum absolute atomic E-state index is 4.26. The summed E-state index contributed by atoms with van der Waals surface area (Å²) < 4.78 is 1.07. The van der Waals surface area contributed by atoms with Gasteiger partial charge in [-0.2, -0.15) is 0 Å². The molecule has 2 rings (SSSR count). The number of hydrogen-bond acceptors (Lipinski definition) is 5. The Balaban J connectivity index is 2.16. The van der Waals surface area contributed by atoms with Crippen LogP contribution in [0.4, 0.5) is 0 Å². The molecule has 5 heteroatoms. The van der Waals surface area contributed by atoms with Gasteiger partial charge in [0.1, 0.15) is 5.01 Å². The standard InChI is InChI=1S/C16H23N3S2/c1-4-11-17-15(13-9-7-6-8-10-13)14(5-2)21-16-19-18-12(3)20-16/h6-10,14-15,17H,4-5,11H2,1-3H3. The summed E-state index contributed by atoms with van der Waals surface area (Å²) in [6.45, 7) is 7.49. The molecule has 21 heavy (non-hydrogen) atoms. The van der Waals surface area contributed by atoms with Crippen molar-refractivity contribution < 1.29 is 0 Å². The van der Waals surface area contributed by atoms with Crippen molar-refractivity contribution in [3.63, 3.8) is 0 Å². The molecule has 0 spiro atoms. The zero-order valence-corrected chi connectivity index (χ0v) is 14.5. The Morgan fingerprint density at radius 2 is 1.95 bits per heavy atom. The average molecular weight is 322 g/mol. The zero-order chi connectivity index (χ0) is 15.1. The monoisotopic (exact) mass is 321 g/mol. The second-order valence-electron chi connectivity index (χ2n) is 4.99. The Labute approximate surface area is 135 Å². The quantitative estimate of drug-likeness (QED) is 0.729. The lowest BCUT2D eigenvalue weighted by Gasteiger charge is -2.26. The lowest BCUT2D eigenvalue weighted by Crippen LogP contribution is -2.30. The van der Waals surface area contributed by atoms with Crippen molar-refractivity contribution in [2.75, 3.05) is 6.54 Å². The zero-order valence-electron chi connectivity index (χ0n) is 12.9. The summed E-state index contributed by atoms with van der Waals surface area (Å²) in [5.74, 6) is 0. The van der Waals surface area contributed by atoms with Gasteiger partial charge in [-0.25, -0.2) is 0 Å². The third kappa shape index (κ3) is 4.80. The van der Waals surface area contributed by atoms with E-state index in [1.54, 1.807) is 11.3 Å². The molecule has 0 aliphatic rings. The third-order valence-corrected chi connectivity index (χ3v) is 5.67. The number of thioether (sulfide) groups is 1. The number of rotatable bonds is 8. The Morgan fingerprint density at radius 3 is 2.52 bits per heavy atom. The van der Waals surface area contributed by atoms with Gasteiger partial charge in [0.15, 0.2) is 4.34 Å². The lowest BCUT2D eigenvalue weighted by molar-refractivity contribution is 0.505. The van der Waals surface area contributed by atoms with E-state index in [1.165, 1.54) is 5.56 Å². The van der Waals surface area contributed by atoms with Crippen LogP contribution in [0.1, 0.15) is 43.3 Å². The molecule has 2 unspecified atom stereocenters. The average Bonchev–Trinajstić information content (AvgIpc) is 2.92. The van der Waals surface area contributed by atoms with Gasteiger partial charge in [-0.05, 0) is 31.9 Å².